The fourth-order valence-electron chi connectivity index (χ4n) is 8.12. The molecule has 1 nitrogen and oxygen atoms in total. The van der Waals surface area contributed by atoms with Crippen LogP contribution in [0.3, 0.4) is 0 Å². The maximum Gasteiger partial charge on any atom is 0.0468 e. The lowest BCUT2D eigenvalue weighted by Gasteiger charge is -2.21. The van der Waals surface area contributed by atoms with Crippen molar-refractivity contribution >= 4 is 27.9 Å². The summed E-state index contributed by atoms with van der Waals surface area (Å²) in [6.07, 6.45) is 2.02. The van der Waals surface area contributed by atoms with Crippen molar-refractivity contribution in [1.29, 1.82) is 0 Å². The number of hydrogen-bond acceptors (Lipinski definition) is 0. The van der Waals surface area contributed by atoms with Gasteiger partial charge in [0.05, 0.1) is 0 Å². The van der Waals surface area contributed by atoms with Crippen LogP contribution in [0.4, 0.5) is 0 Å². The lowest BCUT2D eigenvalue weighted by Crippen LogP contribution is -2.14. The van der Waals surface area contributed by atoms with Crippen LogP contribution in [0.25, 0.3) is 83.5 Å². The smallest absolute Gasteiger partial charge is 0.0468 e. The summed E-state index contributed by atoms with van der Waals surface area (Å²) in [5.74, 6) is 0. The summed E-state index contributed by atoms with van der Waals surface area (Å²) in [5, 5.41) is 2.52. The highest BCUT2D eigenvalue weighted by molar-refractivity contribution is 6.11. The first-order chi connectivity index (χ1) is 23.9. The predicted octanol–water partition coefficient (Wildman–Crippen LogP) is 13.2. The number of aryl methyl sites for hydroxylation is 1. The molecule has 0 amide bonds. The van der Waals surface area contributed by atoms with Gasteiger partial charge in [-0.1, -0.05) is 130 Å². The fourth-order valence-corrected chi connectivity index (χ4v) is 8.12. The Hall–Kier alpha value is -5.92. The molecular formula is C48H37N. The summed E-state index contributed by atoms with van der Waals surface area (Å²) in [5.41, 5.74) is 19.8. The number of rotatable bonds is 5. The van der Waals surface area contributed by atoms with E-state index in [1.807, 2.05) is 6.08 Å². The first-order valence-corrected chi connectivity index (χ1v) is 17.1. The Morgan fingerprint density at radius 1 is 0.469 bits per heavy atom. The lowest BCUT2D eigenvalue weighted by molar-refractivity contribution is 0.661. The molecule has 7 aromatic carbocycles. The molecule has 1 aromatic heterocycles. The van der Waals surface area contributed by atoms with E-state index >= 15 is 0 Å². The third-order valence-electron chi connectivity index (χ3n) is 10.7. The van der Waals surface area contributed by atoms with Gasteiger partial charge in [0, 0.05) is 27.2 Å². The van der Waals surface area contributed by atoms with Gasteiger partial charge in [-0.15, -0.1) is 0 Å². The number of nitrogens with one attached hydrogen (secondary N) is 1. The van der Waals surface area contributed by atoms with Crippen LogP contribution in [-0.2, 0) is 5.41 Å². The van der Waals surface area contributed by atoms with Gasteiger partial charge in [0.15, 0.2) is 0 Å². The Morgan fingerprint density at radius 2 is 1.10 bits per heavy atom. The second-order valence-electron chi connectivity index (χ2n) is 14.0. The fraction of sp³-hybridized carbons (Fsp3) is 0.0833. The first kappa shape index (κ1) is 29.2. The van der Waals surface area contributed by atoms with Crippen molar-refractivity contribution in [3.8, 4) is 55.6 Å². The zero-order chi connectivity index (χ0) is 33.3. The van der Waals surface area contributed by atoms with Crippen molar-refractivity contribution in [2.75, 3.05) is 0 Å². The van der Waals surface area contributed by atoms with Crippen LogP contribution < -0.4 is 0 Å². The maximum atomic E-state index is 4.32. The topological polar surface area (TPSA) is 15.8 Å². The molecule has 1 heterocycles. The van der Waals surface area contributed by atoms with Crippen molar-refractivity contribution in [3.63, 3.8) is 0 Å². The molecule has 0 saturated heterocycles. The number of fused-ring (bicyclic) bond motifs is 6. The summed E-state index contributed by atoms with van der Waals surface area (Å²) in [7, 11) is 0. The summed E-state index contributed by atoms with van der Waals surface area (Å²) in [6, 6.07) is 53.4. The van der Waals surface area contributed by atoms with Crippen molar-refractivity contribution in [3.05, 3.63) is 174 Å². The summed E-state index contributed by atoms with van der Waals surface area (Å²) in [4.78, 5) is 3.74. The van der Waals surface area contributed by atoms with Gasteiger partial charge in [-0.05, 0) is 127 Å². The SMILES string of the molecule is C=Cc1c(-c2ccccc2)cc(-c2ccccc2)cc1-c1cc(-c2ccc3[nH]c4cc5c(cc4c3c2)-c2ccccc2C5(C)C)ccc1C. The Balaban J connectivity index is 1.22. The van der Waals surface area contributed by atoms with E-state index in [4.69, 9.17) is 0 Å². The minimum Gasteiger partial charge on any atom is -0.355 e. The molecule has 0 spiro atoms. The molecule has 0 atom stereocenters. The number of H-pyrrole nitrogens is 1. The second-order valence-corrected chi connectivity index (χ2v) is 14.0. The molecule has 8 aromatic rings. The van der Waals surface area contributed by atoms with E-state index in [0.717, 1.165) is 11.1 Å². The van der Waals surface area contributed by atoms with E-state index in [0.29, 0.717) is 0 Å². The molecule has 0 fully saturated rings. The molecule has 0 radical (unpaired) electrons. The molecule has 0 unspecified atom stereocenters. The van der Waals surface area contributed by atoms with Crippen LogP contribution in [0.15, 0.2) is 152 Å². The molecule has 234 valence electrons. The van der Waals surface area contributed by atoms with Crippen LogP contribution >= 0.6 is 0 Å². The molecule has 0 bridgehead atoms. The average Bonchev–Trinajstić information content (AvgIpc) is 3.62. The number of benzene rings is 7. The van der Waals surface area contributed by atoms with Gasteiger partial charge >= 0.3 is 0 Å². The molecule has 9 rings (SSSR count). The van der Waals surface area contributed by atoms with Crippen molar-refractivity contribution in [2.45, 2.75) is 26.2 Å². The molecule has 1 N–H and O–H groups in total. The number of hydrogen-bond donors (Lipinski definition) is 1. The molecule has 1 heteroatoms. The zero-order valence-corrected chi connectivity index (χ0v) is 28.1. The predicted molar refractivity (Wildman–Crippen MR) is 210 cm³/mol. The molecule has 1 aliphatic carbocycles. The molecular weight excluding hydrogens is 591 g/mol. The third-order valence-corrected chi connectivity index (χ3v) is 10.7. The van der Waals surface area contributed by atoms with Crippen molar-refractivity contribution in [1.82, 2.24) is 4.98 Å². The number of aromatic nitrogens is 1. The average molecular weight is 628 g/mol. The Bertz CT molecular complexity index is 2580. The van der Waals surface area contributed by atoms with Gasteiger partial charge in [-0.25, -0.2) is 0 Å². The van der Waals surface area contributed by atoms with Gasteiger partial charge in [-0.3, -0.25) is 0 Å². The summed E-state index contributed by atoms with van der Waals surface area (Å²) in [6.45, 7) is 11.2. The highest BCUT2D eigenvalue weighted by Gasteiger charge is 2.35. The normalized spacial score (nSPS) is 13.0. The standard InChI is InChI=1S/C48H37N/c1-5-36-39(32-16-10-7-11-17-32)26-35(31-14-8-6-9-15-31)27-40(36)38-24-33(21-20-30(38)2)34-22-23-46-42(25-34)43-28-41-37-18-12-13-19-44(37)48(3,4)45(41)29-47(43)49-46/h5-29,49H,1H2,2-4H3. The van der Waals surface area contributed by atoms with Crippen LogP contribution in [0.2, 0.25) is 0 Å². The minimum atomic E-state index is -0.0245. The Labute approximate surface area is 288 Å². The van der Waals surface area contributed by atoms with Crippen molar-refractivity contribution in [2.24, 2.45) is 0 Å². The zero-order valence-electron chi connectivity index (χ0n) is 28.1. The van der Waals surface area contributed by atoms with Gasteiger partial charge in [0.2, 0.25) is 0 Å². The van der Waals surface area contributed by atoms with E-state index in [-0.39, 0.29) is 5.41 Å². The van der Waals surface area contributed by atoms with Crippen LogP contribution in [0.5, 0.6) is 0 Å². The maximum absolute atomic E-state index is 4.32. The molecule has 0 aliphatic heterocycles. The van der Waals surface area contributed by atoms with Crippen LogP contribution in [-0.4, -0.2) is 4.98 Å². The Morgan fingerprint density at radius 3 is 1.88 bits per heavy atom. The second kappa shape index (κ2) is 11.1. The largest absolute Gasteiger partial charge is 0.355 e. The third kappa shape index (κ3) is 4.61. The number of aromatic amines is 1. The molecule has 0 saturated carbocycles. The van der Waals surface area contributed by atoms with E-state index in [9.17, 15) is 0 Å². The van der Waals surface area contributed by atoms with Gasteiger partial charge in [0.1, 0.15) is 0 Å². The highest BCUT2D eigenvalue weighted by atomic mass is 14.7. The Kier molecular flexibility index (Phi) is 6.61. The first-order valence-electron chi connectivity index (χ1n) is 17.1. The highest BCUT2D eigenvalue weighted by Crippen LogP contribution is 2.50. The van der Waals surface area contributed by atoms with Gasteiger partial charge in [-0.2, -0.15) is 0 Å². The van der Waals surface area contributed by atoms with Crippen LogP contribution in [0, 0.1) is 6.92 Å². The minimum absolute atomic E-state index is 0.0245. The van der Waals surface area contributed by atoms with E-state index in [1.54, 1.807) is 0 Å². The van der Waals surface area contributed by atoms with Gasteiger partial charge < -0.3 is 4.98 Å². The van der Waals surface area contributed by atoms with E-state index in [1.165, 1.54) is 88.6 Å². The van der Waals surface area contributed by atoms with Gasteiger partial charge in [0.25, 0.3) is 0 Å². The summed E-state index contributed by atoms with van der Waals surface area (Å²) >= 11 is 0. The van der Waals surface area contributed by atoms with Crippen LogP contribution in [0.1, 0.15) is 36.1 Å². The quantitative estimate of drug-likeness (QED) is 0.195. The monoisotopic (exact) mass is 627 g/mol. The lowest BCUT2D eigenvalue weighted by atomic mass is 9.82. The molecule has 1 aliphatic rings. The van der Waals surface area contributed by atoms with Crippen molar-refractivity contribution < 1.29 is 0 Å². The molecule has 49 heavy (non-hydrogen) atoms. The van der Waals surface area contributed by atoms with E-state index in [2.05, 4.69) is 178 Å². The van der Waals surface area contributed by atoms with E-state index < -0.39 is 0 Å². The summed E-state index contributed by atoms with van der Waals surface area (Å²) < 4.78 is 0.